The van der Waals surface area contributed by atoms with E-state index < -0.39 is 19.9 Å². The Kier molecular flexibility index (Phi) is 5.14. The second-order valence-electron chi connectivity index (χ2n) is 4.80. The minimum Gasteiger partial charge on any atom is -0.493 e. The van der Waals surface area contributed by atoms with Gasteiger partial charge in [-0.2, -0.15) is 8.42 Å². The number of hydrogen-bond donors (Lipinski definition) is 1. The van der Waals surface area contributed by atoms with E-state index in [-0.39, 0.29) is 34.1 Å². The lowest BCUT2D eigenvalue weighted by Crippen LogP contribution is -2.06. The predicted molar refractivity (Wildman–Crippen MR) is 88.0 cm³/mol. The van der Waals surface area contributed by atoms with Gasteiger partial charge in [0.1, 0.15) is 4.90 Å². The number of hydrogen-bond acceptors (Lipinski definition) is 7. The molecule has 0 aliphatic carbocycles. The van der Waals surface area contributed by atoms with Crippen LogP contribution in [-0.2, 0) is 10.1 Å². The summed E-state index contributed by atoms with van der Waals surface area (Å²) in [5.41, 5.74) is 0.102. The van der Waals surface area contributed by atoms with Crippen molar-refractivity contribution in [2.24, 2.45) is 0 Å². The number of benzene rings is 2. The van der Waals surface area contributed by atoms with E-state index in [1.54, 1.807) is 0 Å². The summed E-state index contributed by atoms with van der Waals surface area (Å²) >= 11 is 0. The molecule has 0 bridgehead atoms. The van der Waals surface area contributed by atoms with Gasteiger partial charge in [-0.15, -0.1) is 0 Å². The number of methoxy groups -OCH3 is 3. The molecule has 10 heteroatoms. The van der Waals surface area contributed by atoms with Gasteiger partial charge in [-0.05, 0) is 17.7 Å². The monoisotopic (exact) mass is 369 g/mol. The highest BCUT2D eigenvalue weighted by Gasteiger charge is 2.28. The number of nitrogens with zero attached hydrogens (tertiary/aromatic N) is 1. The molecule has 0 fully saturated rings. The highest BCUT2D eigenvalue weighted by atomic mass is 32.2. The lowest BCUT2D eigenvalue weighted by molar-refractivity contribution is -0.384. The van der Waals surface area contributed by atoms with Crippen LogP contribution in [0.4, 0.5) is 5.69 Å². The number of rotatable bonds is 6. The zero-order valence-corrected chi connectivity index (χ0v) is 14.4. The third kappa shape index (κ3) is 3.49. The fourth-order valence-electron chi connectivity index (χ4n) is 2.36. The SMILES string of the molecule is COc1cc(S(=O)(=O)O)c(-c2ccc([N+](=O)[O-])cc2)c(OC)c1OC. The highest BCUT2D eigenvalue weighted by molar-refractivity contribution is 7.86. The molecule has 0 unspecified atom stereocenters. The van der Waals surface area contributed by atoms with Crippen molar-refractivity contribution >= 4 is 15.8 Å². The number of non-ortho nitro benzene ring substituents is 1. The van der Waals surface area contributed by atoms with Crippen molar-refractivity contribution in [2.75, 3.05) is 21.3 Å². The van der Waals surface area contributed by atoms with Gasteiger partial charge >= 0.3 is 0 Å². The summed E-state index contributed by atoms with van der Waals surface area (Å²) < 4.78 is 48.8. The van der Waals surface area contributed by atoms with Crippen LogP contribution >= 0.6 is 0 Å². The van der Waals surface area contributed by atoms with Crippen molar-refractivity contribution in [3.05, 3.63) is 40.4 Å². The van der Waals surface area contributed by atoms with Crippen LogP contribution in [0.2, 0.25) is 0 Å². The topological polar surface area (TPSA) is 125 Å². The lowest BCUT2D eigenvalue weighted by Gasteiger charge is -2.18. The molecule has 0 radical (unpaired) electrons. The summed E-state index contributed by atoms with van der Waals surface area (Å²) in [6.45, 7) is 0. The summed E-state index contributed by atoms with van der Waals surface area (Å²) in [6.07, 6.45) is 0. The quantitative estimate of drug-likeness (QED) is 0.468. The van der Waals surface area contributed by atoms with Crippen molar-refractivity contribution < 1.29 is 32.1 Å². The van der Waals surface area contributed by atoms with Crippen LogP contribution in [0.1, 0.15) is 0 Å². The van der Waals surface area contributed by atoms with E-state index in [9.17, 15) is 23.1 Å². The molecule has 134 valence electrons. The first-order valence-corrected chi connectivity index (χ1v) is 8.23. The molecule has 0 heterocycles. The smallest absolute Gasteiger partial charge is 0.295 e. The minimum absolute atomic E-state index is 0.00227. The fraction of sp³-hybridized carbons (Fsp3) is 0.200. The molecule has 0 saturated carbocycles. The summed E-state index contributed by atoms with van der Waals surface area (Å²) in [4.78, 5) is 9.73. The van der Waals surface area contributed by atoms with Crippen molar-refractivity contribution in [2.45, 2.75) is 4.90 Å². The Morgan fingerprint density at radius 3 is 1.96 bits per heavy atom. The van der Waals surface area contributed by atoms with Crippen molar-refractivity contribution in [1.29, 1.82) is 0 Å². The Bertz CT molecular complexity index is 906. The van der Waals surface area contributed by atoms with Gasteiger partial charge in [-0.3, -0.25) is 14.7 Å². The number of nitro groups is 1. The van der Waals surface area contributed by atoms with Gasteiger partial charge in [0, 0.05) is 23.8 Å². The maximum absolute atomic E-state index is 11.8. The van der Waals surface area contributed by atoms with Crippen molar-refractivity contribution in [3.63, 3.8) is 0 Å². The molecule has 0 spiro atoms. The predicted octanol–water partition coefficient (Wildman–Crippen LogP) is 2.53. The summed E-state index contributed by atoms with van der Waals surface area (Å²) in [5.74, 6) is 0.159. The Labute approximate surface area is 143 Å². The average Bonchev–Trinajstić information content (AvgIpc) is 2.58. The van der Waals surface area contributed by atoms with Gasteiger partial charge in [-0.25, -0.2) is 0 Å². The van der Waals surface area contributed by atoms with Gasteiger partial charge in [-0.1, -0.05) is 0 Å². The fourth-order valence-corrected chi connectivity index (χ4v) is 3.08. The molecule has 2 rings (SSSR count). The molecule has 0 aromatic heterocycles. The van der Waals surface area contributed by atoms with E-state index in [1.165, 1.54) is 45.6 Å². The lowest BCUT2D eigenvalue weighted by atomic mass is 10.0. The van der Waals surface area contributed by atoms with Gasteiger partial charge in [0.25, 0.3) is 15.8 Å². The normalized spacial score (nSPS) is 11.0. The Balaban J connectivity index is 2.88. The van der Waals surface area contributed by atoms with E-state index >= 15 is 0 Å². The molecule has 2 aromatic carbocycles. The zero-order valence-electron chi connectivity index (χ0n) is 13.5. The van der Waals surface area contributed by atoms with E-state index in [0.717, 1.165) is 6.07 Å². The second-order valence-corrected chi connectivity index (χ2v) is 6.19. The van der Waals surface area contributed by atoms with E-state index in [0.29, 0.717) is 0 Å². The highest BCUT2D eigenvalue weighted by Crippen LogP contribution is 2.48. The molecule has 0 atom stereocenters. The number of nitro benzene ring substituents is 1. The van der Waals surface area contributed by atoms with Crippen molar-refractivity contribution in [3.8, 4) is 28.4 Å². The van der Waals surface area contributed by atoms with Crippen LogP contribution in [0.15, 0.2) is 35.2 Å². The molecule has 0 aliphatic rings. The van der Waals surface area contributed by atoms with Crippen LogP contribution in [0.3, 0.4) is 0 Å². The molecule has 9 nitrogen and oxygen atoms in total. The zero-order chi connectivity index (χ0) is 18.8. The molecule has 0 saturated heterocycles. The maximum atomic E-state index is 11.8. The Morgan fingerprint density at radius 1 is 1.00 bits per heavy atom. The Morgan fingerprint density at radius 2 is 1.56 bits per heavy atom. The first-order valence-electron chi connectivity index (χ1n) is 6.79. The van der Waals surface area contributed by atoms with Crippen molar-refractivity contribution in [1.82, 2.24) is 0 Å². The van der Waals surface area contributed by atoms with Crippen LogP contribution < -0.4 is 14.2 Å². The molecular weight excluding hydrogens is 354 g/mol. The van der Waals surface area contributed by atoms with Crippen LogP contribution in [0, 0.1) is 10.1 Å². The molecule has 2 aromatic rings. The molecule has 0 amide bonds. The van der Waals surface area contributed by atoms with Crippen LogP contribution in [0.25, 0.3) is 11.1 Å². The first kappa shape index (κ1) is 18.5. The van der Waals surface area contributed by atoms with E-state index in [1.807, 2.05) is 0 Å². The largest absolute Gasteiger partial charge is 0.493 e. The van der Waals surface area contributed by atoms with E-state index in [4.69, 9.17) is 14.2 Å². The maximum Gasteiger partial charge on any atom is 0.295 e. The minimum atomic E-state index is -4.65. The standard InChI is InChI=1S/C15H15NO8S/c1-22-11-8-12(25(19,20)21)13(15(24-3)14(11)23-2)9-4-6-10(7-5-9)16(17)18/h4-8H,1-3H3,(H,19,20,21). The average molecular weight is 369 g/mol. The Hall–Kier alpha value is -2.85. The summed E-state index contributed by atoms with van der Waals surface area (Å²) in [7, 11) is -0.713. The van der Waals surface area contributed by atoms with Gasteiger partial charge in [0.2, 0.25) is 5.75 Å². The van der Waals surface area contributed by atoms with Gasteiger partial charge in [0.05, 0.1) is 26.3 Å². The van der Waals surface area contributed by atoms with E-state index in [2.05, 4.69) is 0 Å². The summed E-state index contributed by atoms with van der Waals surface area (Å²) in [5, 5.41) is 10.8. The van der Waals surface area contributed by atoms with Gasteiger partial charge in [0.15, 0.2) is 11.5 Å². The molecule has 25 heavy (non-hydrogen) atoms. The molecular formula is C15H15NO8S. The molecule has 1 N–H and O–H groups in total. The second kappa shape index (κ2) is 6.95. The molecule has 0 aliphatic heterocycles. The van der Waals surface area contributed by atoms with Crippen LogP contribution in [-0.4, -0.2) is 39.2 Å². The third-order valence-electron chi connectivity index (χ3n) is 3.44. The first-order chi connectivity index (χ1) is 11.7. The third-order valence-corrected chi connectivity index (χ3v) is 4.32. The number of ether oxygens (including phenoxy) is 3. The summed E-state index contributed by atoms with van der Waals surface area (Å²) in [6, 6.07) is 6.19. The van der Waals surface area contributed by atoms with Gasteiger partial charge < -0.3 is 14.2 Å². The van der Waals surface area contributed by atoms with Crippen LogP contribution in [0.5, 0.6) is 17.2 Å².